The number of ketones is 2. The zero-order chi connectivity index (χ0) is 63.8. The highest BCUT2D eigenvalue weighted by Crippen LogP contribution is 2.39. The molecule has 0 radical (unpaired) electrons. The van der Waals surface area contributed by atoms with E-state index >= 15 is 0 Å². The van der Waals surface area contributed by atoms with Gasteiger partial charge in [-0.25, -0.2) is 9.59 Å². The Kier molecular flexibility index (Phi) is 23.8. The van der Waals surface area contributed by atoms with Crippen molar-refractivity contribution < 1.29 is 192 Å². The standard InChI is InChI=1S/C48H74O39/c1-10(54)40(70)72-8-17-38-25(62)32(69)48(80-17)85-37-16(7-53)76-44(28(65)21(37)58)83-35-14(5-51)78-46(30(67)23(35)60)87-39-18(9-73-41(71)11(2)55)79-47(31(68)24(39)61)84-36-15(6-52)75-43(27(64)20(36)57)81-33-12(3-49)74-42(26(63)19(33)56)82-34-13(4-50)77-45(86-38)29(66)22(34)59/h12-39,42-53,56-69H,3-9H2,1-2H3/t12-,13-,14-,15-,16-,17-,18-,19-,20-,21-,22-,23-,24-,25-,26-,27-,28-,29-,30-,31-,32-,33-,34-,35-,36-,37-,38-,39-,42-,43-,44-,45-,46-,47-,48-/m1/s1. The molecule has 21 rings (SSSR count). The van der Waals surface area contributed by atoms with Crippen molar-refractivity contribution in [3.63, 3.8) is 0 Å². The second-order valence-electron chi connectivity index (χ2n) is 21.6. The van der Waals surface area contributed by atoms with E-state index in [1.807, 2.05) is 0 Å². The fourth-order valence-electron chi connectivity index (χ4n) is 10.9. The van der Waals surface area contributed by atoms with Crippen molar-refractivity contribution in [2.24, 2.45) is 0 Å². The monoisotopic (exact) mass is 1270 g/mol. The maximum atomic E-state index is 12.4. The van der Waals surface area contributed by atoms with Crippen molar-refractivity contribution in [1.82, 2.24) is 0 Å². The van der Waals surface area contributed by atoms with E-state index in [9.17, 15) is 116 Å². The average Bonchev–Trinajstić information content (AvgIpc) is 1.28. The molecule has 0 saturated carbocycles. The summed E-state index contributed by atoms with van der Waals surface area (Å²) >= 11 is 0. The zero-order valence-corrected chi connectivity index (χ0v) is 45.8. The third kappa shape index (κ3) is 14.6. The number of aliphatic hydroxyl groups excluding tert-OH is 19. The van der Waals surface area contributed by atoms with Gasteiger partial charge >= 0.3 is 11.9 Å². The van der Waals surface area contributed by atoms with E-state index in [0.29, 0.717) is 0 Å². The Labute approximate surface area is 489 Å². The third-order valence-corrected chi connectivity index (χ3v) is 15.8. The molecule has 0 amide bonds. The first-order chi connectivity index (χ1) is 41.2. The van der Waals surface area contributed by atoms with Crippen LogP contribution in [0.1, 0.15) is 13.8 Å². The van der Waals surface area contributed by atoms with Gasteiger partial charge in [0.1, 0.15) is 184 Å². The van der Waals surface area contributed by atoms with E-state index < -0.39 is 285 Å². The van der Waals surface area contributed by atoms with E-state index in [-0.39, 0.29) is 0 Å². The van der Waals surface area contributed by atoms with Gasteiger partial charge in [0.2, 0.25) is 11.6 Å². The van der Waals surface area contributed by atoms with Crippen LogP contribution in [0.5, 0.6) is 0 Å². The molecule has 21 aliphatic rings. The molecule has 21 fully saturated rings. The Balaban J connectivity index is 1.12. The highest BCUT2D eigenvalue weighted by Gasteiger charge is 2.60. The highest BCUT2D eigenvalue weighted by molar-refractivity contribution is 6.32. The quantitative estimate of drug-likeness (QED) is 0.0675. The predicted molar refractivity (Wildman–Crippen MR) is 258 cm³/mol. The Morgan fingerprint density at radius 2 is 0.402 bits per heavy atom. The smallest absolute Gasteiger partial charge is 0.374 e. The van der Waals surface area contributed by atoms with Crippen LogP contribution in [0.3, 0.4) is 0 Å². The molecule has 0 aliphatic carbocycles. The minimum atomic E-state index is -2.34. The molecule has 21 heterocycles. The lowest BCUT2D eigenvalue weighted by molar-refractivity contribution is -0.396. The average molecular weight is 1280 g/mol. The highest BCUT2D eigenvalue weighted by atomic mass is 16.8. The summed E-state index contributed by atoms with van der Waals surface area (Å²) in [5.41, 5.74) is 0. The molecular formula is C48H74O39. The van der Waals surface area contributed by atoms with Crippen LogP contribution in [0.25, 0.3) is 0 Å². The van der Waals surface area contributed by atoms with Crippen molar-refractivity contribution in [2.45, 2.75) is 229 Å². The second kappa shape index (κ2) is 29.7. The van der Waals surface area contributed by atoms with Gasteiger partial charge in [0.05, 0.1) is 33.0 Å². The number of carbonyl (C=O) groups excluding carboxylic acids is 4. The molecule has 500 valence electrons. The molecule has 14 bridgehead atoms. The number of ether oxygens (including phenoxy) is 16. The molecule has 21 aliphatic heterocycles. The summed E-state index contributed by atoms with van der Waals surface area (Å²) < 4.78 is 90.3. The van der Waals surface area contributed by atoms with E-state index in [0.717, 1.165) is 13.8 Å². The van der Waals surface area contributed by atoms with Crippen molar-refractivity contribution in [2.75, 3.05) is 46.2 Å². The van der Waals surface area contributed by atoms with Crippen LogP contribution in [0.2, 0.25) is 0 Å². The number of esters is 2. The lowest BCUT2D eigenvalue weighted by Crippen LogP contribution is -2.68. The molecule has 0 unspecified atom stereocenters. The zero-order valence-electron chi connectivity index (χ0n) is 45.8. The molecule has 21 saturated heterocycles. The molecule has 39 nitrogen and oxygen atoms in total. The van der Waals surface area contributed by atoms with Crippen LogP contribution in [0.15, 0.2) is 0 Å². The van der Waals surface area contributed by atoms with Gasteiger partial charge < -0.3 is 173 Å². The normalized spacial score (nSPS) is 50.1. The van der Waals surface area contributed by atoms with Gasteiger partial charge in [-0.2, -0.15) is 0 Å². The van der Waals surface area contributed by atoms with Crippen LogP contribution in [-0.2, 0) is 95.0 Å². The van der Waals surface area contributed by atoms with E-state index in [2.05, 4.69) is 0 Å². The van der Waals surface area contributed by atoms with Crippen LogP contribution >= 0.6 is 0 Å². The van der Waals surface area contributed by atoms with Gasteiger partial charge in [0, 0.05) is 13.8 Å². The lowest BCUT2D eigenvalue weighted by atomic mass is 9.95. The van der Waals surface area contributed by atoms with Gasteiger partial charge in [0.25, 0.3) is 0 Å². The van der Waals surface area contributed by atoms with Crippen LogP contribution in [0.4, 0.5) is 0 Å². The molecule has 35 atom stereocenters. The van der Waals surface area contributed by atoms with Crippen LogP contribution < -0.4 is 0 Å². The molecular weight excluding hydrogens is 1200 g/mol. The minimum absolute atomic E-state index is 0.819. The molecule has 0 aromatic carbocycles. The summed E-state index contributed by atoms with van der Waals surface area (Å²) in [5, 5.41) is 213. The number of aliphatic hydroxyl groups is 19. The minimum Gasteiger partial charge on any atom is -0.457 e. The molecule has 39 heteroatoms. The van der Waals surface area contributed by atoms with Crippen molar-refractivity contribution >= 4 is 23.5 Å². The SMILES string of the molecule is CC(=O)C(=O)OC[C@H]1O[C@@H]2O[C@H]3[C@H](O)[C@@H](O)[C@@H](O[C@H]4[C@H](O)[C@@H](O)[C@@H](O[C@H]5[C@H](O)[C@@H](O)[C@@H](O[C@H]6[C@H](O)[C@@H](O)[C@@H](O[C@H]7[C@H](O)[C@@H](O)[C@@H](O[C@H]8[C@H](O)[C@@H](O)[C@@H](O[C@H]1[C@H](O)[C@H]2O)O[C@@H]8CO)O[C@@H]7CO)O[C@@H]6CO)O[C@@H]5COC(=O)C(C)=O)O[C@@H]4CO)O[C@@H]3CO. The summed E-state index contributed by atoms with van der Waals surface area (Å²) in [6.45, 7) is -6.10. The van der Waals surface area contributed by atoms with Gasteiger partial charge in [-0.15, -0.1) is 0 Å². The van der Waals surface area contributed by atoms with Gasteiger partial charge in [-0.05, 0) is 0 Å². The number of hydrogen-bond donors (Lipinski definition) is 19. The van der Waals surface area contributed by atoms with Gasteiger partial charge in [-0.1, -0.05) is 0 Å². The van der Waals surface area contributed by atoms with Gasteiger partial charge in [0.15, 0.2) is 44.0 Å². The second-order valence-corrected chi connectivity index (χ2v) is 21.6. The van der Waals surface area contributed by atoms with Crippen molar-refractivity contribution in [1.29, 1.82) is 0 Å². The Hall–Kier alpha value is -3.04. The van der Waals surface area contributed by atoms with E-state index in [1.54, 1.807) is 0 Å². The van der Waals surface area contributed by atoms with E-state index in [1.165, 1.54) is 0 Å². The first kappa shape index (κ1) is 69.8. The summed E-state index contributed by atoms with van der Waals surface area (Å²) in [7, 11) is 0. The first-order valence-electron chi connectivity index (χ1n) is 27.3. The van der Waals surface area contributed by atoms with Crippen molar-refractivity contribution in [3.05, 3.63) is 0 Å². The number of carbonyl (C=O) groups is 4. The molecule has 0 spiro atoms. The fraction of sp³-hybridized carbons (Fsp3) is 0.917. The predicted octanol–water partition coefficient (Wildman–Crippen LogP) is -15.0. The van der Waals surface area contributed by atoms with Crippen molar-refractivity contribution in [3.8, 4) is 0 Å². The fourth-order valence-corrected chi connectivity index (χ4v) is 10.9. The molecule has 87 heavy (non-hydrogen) atoms. The first-order valence-corrected chi connectivity index (χ1v) is 27.3. The maximum Gasteiger partial charge on any atom is 0.374 e. The molecule has 0 aromatic heterocycles. The Morgan fingerprint density at radius 1 is 0.253 bits per heavy atom. The molecule has 19 N–H and O–H groups in total. The summed E-state index contributed by atoms with van der Waals surface area (Å²) in [6, 6.07) is 0. The van der Waals surface area contributed by atoms with E-state index in [4.69, 9.17) is 75.8 Å². The Bertz CT molecular complexity index is 2230. The van der Waals surface area contributed by atoms with Gasteiger partial charge in [-0.3, -0.25) is 9.59 Å². The largest absolute Gasteiger partial charge is 0.457 e. The number of rotatable bonds is 11. The molecule has 0 aromatic rings. The Morgan fingerprint density at radius 3 is 0.552 bits per heavy atom. The van der Waals surface area contributed by atoms with Crippen LogP contribution in [-0.4, -0.2) is 382 Å². The number of hydrogen-bond acceptors (Lipinski definition) is 39. The van der Waals surface area contributed by atoms with Crippen LogP contribution in [0, 0.1) is 0 Å². The topological polar surface area (TPSA) is 600 Å². The summed E-state index contributed by atoms with van der Waals surface area (Å²) in [6.07, 6.45) is -74.4. The summed E-state index contributed by atoms with van der Waals surface area (Å²) in [4.78, 5) is 48.5. The lowest BCUT2D eigenvalue weighted by Gasteiger charge is -2.50. The number of Topliss-reactive ketones (excluding diaryl/α,β-unsaturated/α-hetero) is 2. The summed E-state index contributed by atoms with van der Waals surface area (Å²) in [5.74, 6) is -5.25. The maximum absolute atomic E-state index is 12.4. The third-order valence-electron chi connectivity index (χ3n) is 15.8.